The smallest absolute Gasteiger partial charge is 0.270 e. The first-order valence-electron chi connectivity index (χ1n) is 13.1. The maximum atomic E-state index is 15.1. The molecular weight excluding hydrogens is 471 g/mol. The van der Waals surface area contributed by atoms with E-state index in [1.54, 1.807) is 35.3 Å². The lowest BCUT2D eigenvalue weighted by Gasteiger charge is -2.27. The zero-order chi connectivity index (χ0) is 25.7. The maximum Gasteiger partial charge on any atom is 0.270 e. The van der Waals surface area contributed by atoms with Gasteiger partial charge in [0.1, 0.15) is 17.6 Å². The number of anilines is 1. The number of pyridine rings is 2. The number of nitrogens with zero attached hydrogens (tertiary/aromatic N) is 4. The van der Waals surface area contributed by atoms with Gasteiger partial charge < -0.3 is 10.6 Å². The number of amides is 2. The van der Waals surface area contributed by atoms with E-state index in [1.165, 1.54) is 0 Å². The molecule has 8 nitrogen and oxygen atoms in total. The van der Waals surface area contributed by atoms with Gasteiger partial charge in [0.2, 0.25) is 11.9 Å². The van der Waals surface area contributed by atoms with Crippen LogP contribution in [0.5, 0.6) is 0 Å². The fourth-order valence-electron chi connectivity index (χ4n) is 5.37. The normalized spacial score (nSPS) is 18.1. The molecule has 37 heavy (non-hydrogen) atoms. The van der Waals surface area contributed by atoms with E-state index in [0.717, 1.165) is 44.1 Å². The second kappa shape index (κ2) is 9.36. The van der Waals surface area contributed by atoms with Gasteiger partial charge in [0.05, 0.1) is 6.04 Å². The van der Waals surface area contributed by atoms with Gasteiger partial charge in [-0.05, 0) is 100.0 Å². The van der Waals surface area contributed by atoms with Crippen LogP contribution in [0.25, 0.3) is 11.1 Å². The Balaban J connectivity index is 1.24. The Morgan fingerprint density at radius 3 is 2.41 bits per heavy atom. The molecule has 3 heterocycles. The maximum absolute atomic E-state index is 15.1. The number of nitrogens with one attached hydrogen (secondary N) is 2. The Kier molecular flexibility index (Phi) is 6.01. The van der Waals surface area contributed by atoms with Crippen LogP contribution in [0.4, 0.5) is 10.2 Å². The number of aryl methyl sites for hydroxylation is 2. The Hall–Kier alpha value is -3.62. The molecule has 3 aromatic heterocycles. The first kappa shape index (κ1) is 23.8. The van der Waals surface area contributed by atoms with Crippen molar-refractivity contribution in [3.8, 4) is 11.1 Å². The highest BCUT2D eigenvalue weighted by Crippen LogP contribution is 2.51. The summed E-state index contributed by atoms with van der Waals surface area (Å²) in [5, 5.41) is 10.1. The molecule has 0 saturated heterocycles. The third-order valence-corrected chi connectivity index (χ3v) is 7.70. The summed E-state index contributed by atoms with van der Waals surface area (Å²) < 4.78 is 16.8. The van der Waals surface area contributed by atoms with Crippen molar-refractivity contribution in [3.63, 3.8) is 0 Å². The van der Waals surface area contributed by atoms with Crippen LogP contribution in [0.15, 0.2) is 36.7 Å². The number of carbonyl (C=O) groups excluding carboxylic acids is 2. The van der Waals surface area contributed by atoms with Gasteiger partial charge in [-0.15, -0.1) is 0 Å². The van der Waals surface area contributed by atoms with Crippen molar-refractivity contribution in [2.24, 2.45) is 17.8 Å². The number of carbonyl (C=O) groups is 2. The average Bonchev–Trinajstić information content (AvgIpc) is 3.73. The molecule has 0 radical (unpaired) electrons. The molecule has 3 saturated carbocycles. The van der Waals surface area contributed by atoms with E-state index in [1.807, 2.05) is 19.9 Å². The van der Waals surface area contributed by atoms with Crippen molar-refractivity contribution in [1.29, 1.82) is 0 Å². The number of halogens is 1. The van der Waals surface area contributed by atoms with Crippen LogP contribution in [-0.4, -0.2) is 37.6 Å². The monoisotopic (exact) mass is 502 g/mol. The molecule has 0 unspecified atom stereocenters. The van der Waals surface area contributed by atoms with Gasteiger partial charge in [-0.2, -0.15) is 9.49 Å². The average molecular weight is 503 g/mol. The molecule has 0 aliphatic heterocycles. The summed E-state index contributed by atoms with van der Waals surface area (Å²) in [5.41, 5.74) is 3.10. The molecule has 0 spiro atoms. The lowest BCUT2D eigenvalue weighted by Crippen LogP contribution is -2.50. The summed E-state index contributed by atoms with van der Waals surface area (Å²) in [6.45, 7) is 3.72. The summed E-state index contributed by atoms with van der Waals surface area (Å²) in [5.74, 6) is -0.316. The number of hydrogen-bond donors (Lipinski definition) is 2. The minimum atomic E-state index is -0.720. The van der Waals surface area contributed by atoms with Gasteiger partial charge in [-0.1, -0.05) is 0 Å². The topological polar surface area (TPSA) is 102 Å². The van der Waals surface area contributed by atoms with E-state index >= 15 is 4.39 Å². The molecule has 192 valence electrons. The van der Waals surface area contributed by atoms with Crippen LogP contribution >= 0.6 is 0 Å². The third-order valence-electron chi connectivity index (χ3n) is 7.70. The molecule has 6 rings (SSSR count). The highest BCUT2D eigenvalue weighted by molar-refractivity contribution is 6.00. The molecular formula is C28H31FN6O2. The minimum absolute atomic E-state index is 0.0615. The standard InChI is InChI=1S/C28H31FN6O2/c1-15-13-21(16(2)30-14-15)20-9-10-23(32-26(20)29)33-28(37)25(24(17-3-4-17)18-5-6-18)34-27(36)22-11-12-31-35(22)19-7-8-19/h9-14,17-19,24-25H,3-8H2,1-2H3,(H,34,36)(H,32,33,37)/t25-/m0/s1. The second-order valence-corrected chi connectivity index (χ2v) is 10.8. The molecule has 3 fully saturated rings. The molecule has 0 aromatic carbocycles. The molecule has 3 aromatic rings. The highest BCUT2D eigenvalue weighted by atomic mass is 19.1. The van der Waals surface area contributed by atoms with Gasteiger partial charge in [0, 0.05) is 29.2 Å². The highest BCUT2D eigenvalue weighted by Gasteiger charge is 2.48. The van der Waals surface area contributed by atoms with Crippen molar-refractivity contribution in [1.82, 2.24) is 25.1 Å². The van der Waals surface area contributed by atoms with Crippen molar-refractivity contribution < 1.29 is 14.0 Å². The molecule has 9 heteroatoms. The summed E-state index contributed by atoms with van der Waals surface area (Å²) in [7, 11) is 0. The van der Waals surface area contributed by atoms with E-state index in [2.05, 4.69) is 25.7 Å². The van der Waals surface area contributed by atoms with Crippen LogP contribution in [0.2, 0.25) is 0 Å². The second-order valence-electron chi connectivity index (χ2n) is 10.8. The summed E-state index contributed by atoms with van der Waals surface area (Å²) >= 11 is 0. The fraction of sp³-hybridized carbons (Fsp3) is 0.464. The van der Waals surface area contributed by atoms with Gasteiger partial charge in [-0.25, -0.2) is 4.98 Å². The SMILES string of the molecule is Cc1cnc(C)c(-c2ccc(NC(=O)[C@@H](NC(=O)c3ccnn3C3CC3)C(C3CC3)C3CC3)nc2F)c1. The summed E-state index contributed by atoms with van der Waals surface area (Å²) in [6, 6.07) is 6.31. The lowest BCUT2D eigenvalue weighted by molar-refractivity contribution is -0.119. The van der Waals surface area contributed by atoms with Crippen molar-refractivity contribution in [2.75, 3.05) is 5.32 Å². The zero-order valence-electron chi connectivity index (χ0n) is 21.1. The number of rotatable bonds is 9. The van der Waals surface area contributed by atoms with Gasteiger partial charge in [0.15, 0.2) is 0 Å². The Morgan fingerprint density at radius 1 is 1.03 bits per heavy atom. The van der Waals surface area contributed by atoms with Crippen molar-refractivity contribution >= 4 is 17.6 Å². The molecule has 0 bridgehead atoms. The lowest BCUT2D eigenvalue weighted by atomic mass is 9.88. The van der Waals surface area contributed by atoms with Gasteiger partial charge >= 0.3 is 0 Å². The largest absolute Gasteiger partial charge is 0.339 e. The van der Waals surface area contributed by atoms with Gasteiger partial charge in [-0.3, -0.25) is 19.3 Å². The van der Waals surface area contributed by atoms with Crippen LogP contribution in [-0.2, 0) is 4.79 Å². The molecule has 3 aliphatic rings. The quantitative estimate of drug-likeness (QED) is 0.416. The molecule has 2 amide bonds. The first-order valence-corrected chi connectivity index (χ1v) is 13.1. The van der Waals surface area contributed by atoms with Crippen LogP contribution in [0.1, 0.15) is 66.3 Å². The van der Waals surface area contributed by atoms with Crippen molar-refractivity contribution in [2.45, 2.75) is 64.5 Å². The number of aromatic nitrogens is 4. The van der Waals surface area contributed by atoms with E-state index in [-0.39, 0.29) is 29.6 Å². The van der Waals surface area contributed by atoms with E-state index < -0.39 is 12.0 Å². The van der Waals surface area contributed by atoms with E-state index in [9.17, 15) is 9.59 Å². The van der Waals surface area contributed by atoms with Crippen molar-refractivity contribution in [3.05, 3.63) is 59.6 Å². The molecule has 1 atom stereocenters. The molecule has 3 aliphatic carbocycles. The van der Waals surface area contributed by atoms with Gasteiger partial charge in [0.25, 0.3) is 5.91 Å². The predicted molar refractivity (Wildman–Crippen MR) is 136 cm³/mol. The predicted octanol–water partition coefficient (Wildman–Crippen LogP) is 4.60. The zero-order valence-corrected chi connectivity index (χ0v) is 21.1. The van der Waals surface area contributed by atoms with E-state index in [0.29, 0.717) is 34.4 Å². The minimum Gasteiger partial charge on any atom is -0.339 e. The van der Waals surface area contributed by atoms with Crippen LogP contribution < -0.4 is 10.6 Å². The Labute approximate surface area is 215 Å². The summed E-state index contributed by atoms with van der Waals surface area (Å²) in [6.07, 6.45) is 9.62. The number of hydrogen-bond acceptors (Lipinski definition) is 5. The first-order chi connectivity index (χ1) is 17.9. The summed E-state index contributed by atoms with van der Waals surface area (Å²) in [4.78, 5) is 35.3. The van der Waals surface area contributed by atoms with E-state index in [4.69, 9.17) is 0 Å². The fourth-order valence-corrected chi connectivity index (χ4v) is 5.37. The Morgan fingerprint density at radius 2 is 1.76 bits per heavy atom. The third kappa shape index (κ3) is 4.99. The van der Waals surface area contributed by atoms with Crippen LogP contribution in [0, 0.1) is 37.5 Å². The Bertz CT molecular complexity index is 1350. The van der Waals surface area contributed by atoms with Crippen LogP contribution in [0.3, 0.4) is 0 Å². The molecule has 2 N–H and O–H groups in total.